The molecule has 32 heavy (non-hydrogen) atoms. The first-order chi connectivity index (χ1) is 15.4. The van der Waals surface area contributed by atoms with Crippen LogP contribution in [-0.2, 0) is 9.53 Å². The second-order valence-electron chi connectivity index (χ2n) is 7.45. The molecule has 0 unspecified atom stereocenters. The fraction of sp³-hybridized carbons (Fsp3) is 0.167. The van der Waals surface area contributed by atoms with E-state index in [0.717, 1.165) is 22.3 Å². The number of rotatable bonds is 7. The molecule has 0 bridgehead atoms. The Kier molecular flexibility index (Phi) is 5.85. The second-order valence-corrected chi connectivity index (χ2v) is 7.45. The Hall–Kier alpha value is -4.20. The van der Waals surface area contributed by atoms with E-state index in [0.29, 0.717) is 0 Å². The first-order valence-corrected chi connectivity index (χ1v) is 9.99. The lowest BCUT2D eigenvalue weighted by atomic mass is 9.98. The highest BCUT2D eigenvalue weighted by Crippen LogP contribution is 2.44. The van der Waals surface area contributed by atoms with Gasteiger partial charge in [0.2, 0.25) is 0 Å². The van der Waals surface area contributed by atoms with Crippen molar-refractivity contribution in [3.8, 4) is 11.1 Å². The molecule has 0 aromatic heterocycles. The van der Waals surface area contributed by atoms with E-state index >= 15 is 0 Å². The van der Waals surface area contributed by atoms with Gasteiger partial charge in [-0.2, -0.15) is 0 Å². The molecule has 1 amide bonds. The zero-order valence-electron chi connectivity index (χ0n) is 16.9. The molecular weight excluding hydrogens is 412 g/mol. The number of hydrogen-bond acceptors (Lipinski definition) is 6. The third kappa shape index (κ3) is 4.29. The van der Waals surface area contributed by atoms with Crippen molar-refractivity contribution in [3.05, 3.63) is 99.6 Å². The van der Waals surface area contributed by atoms with Crippen LogP contribution < -0.4 is 10.4 Å². The molecule has 1 aliphatic rings. The largest absolute Gasteiger partial charge is 0.550 e. The van der Waals surface area contributed by atoms with Crippen LogP contribution in [0.5, 0.6) is 0 Å². The van der Waals surface area contributed by atoms with E-state index in [1.807, 2.05) is 48.5 Å². The molecule has 1 atom stereocenters. The molecule has 8 heteroatoms. The smallest absolute Gasteiger partial charge is 0.407 e. The fourth-order valence-corrected chi connectivity index (χ4v) is 4.06. The molecular formula is C24H19N2O6-. The number of nitro benzene ring substituents is 1. The summed E-state index contributed by atoms with van der Waals surface area (Å²) in [5.41, 5.74) is 4.34. The average Bonchev–Trinajstić information content (AvgIpc) is 3.11. The molecule has 1 aliphatic carbocycles. The summed E-state index contributed by atoms with van der Waals surface area (Å²) in [7, 11) is 0. The standard InChI is InChI=1S/C24H20N2O6/c27-23(28)13-22(15-6-5-7-16(12-15)26(30)31)25-24(29)32-14-21-19-10-3-1-8-17(19)18-9-2-4-11-20(18)21/h1-12,21-22H,13-14H2,(H,25,29)(H,27,28)/p-1/t22-/m0/s1. The molecule has 0 fully saturated rings. The van der Waals surface area contributed by atoms with Gasteiger partial charge in [-0.15, -0.1) is 0 Å². The van der Waals surface area contributed by atoms with E-state index in [9.17, 15) is 24.8 Å². The zero-order valence-corrected chi connectivity index (χ0v) is 16.9. The van der Waals surface area contributed by atoms with Gasteiger partial charge in [0.05, 0.1) is 11.0 Å². The minimum atomic E-state index is -1.40. The minimum Gasteiger partial charge on any atom is -0.550 e. The van der Waals surface area contributed by atoms with Gasteiger partial charge in [0, 0.05) is 30.4 Å². The number of carbonyl (C=O) groups is 2. The van der Waals surface area contributed by atoms with Crippen LogP contribution in [0.15, 0.2) is 72.8 Å². The van der Waals surface area contributed by atoms with Crippen molar-refractivity contribution in [2.45, 2.75) is 18.4 Å². The monoisotopic (exact) mass is 431 g/mol. The van der Waals surface area contributed by atoms with E-state index in [1.54, 1.807) is 0 Å². The summed E-state index contributed by atoms with van der Waals surface area (Å²) in [6.07, 6.45) is -1.37. The summed E-state index contributed by atoms with van der Waals surface area (Å²) in [6, 6.07) is 20.2. The molecule has 0 saturated carbocycles. The van der Waals surface area contributed by atoms with Crippen molar-refractivity contribution < 1.29 is 24.4 Å². The van der Waals surface area contributed by atoms with Gasteiger partial charge in [0.15, 0.2) is 0 Å². The van der Waals surface area contributed by atoms with Crippen molar-refractivity contribution in [3.63, 3.8) is 0 Å². The highest BCUT2D eigenvalue weighted by Gasteiger charge is 2.29. The highest BCUT2D eigenvalue weighted by molar-refractivity contribution is 5.79. The predicted molar refractivity (Wildman–Crippen MR) is 114 cm³/mol. The SMILES string of the molecule is O=C([O-])C[C@H](NC(=O)OCC1c2ccccc2-c2ccccc21)c1cccc([N+](=O)[O-])c1. The fourth-order valence-electron chi connectivity index (χ4n) is 4.06. The van der Waals surface area contributed by atoms with Crippen LogP contribution in [0.2, 0.25) is 0 Å². The predicted octanol–water partition coefficient (Wildman–Crippen LogP) is 3.31. The third-order valence-corrected chi connectivity index (χ3v) is 5.49. The van der Waals surface area contributed by atoms with Gasteiger partial charge in [-0.05, 0) is 27.8 Å². The molecule has 3 aromatic carbocycles. The molecule has 162 valence electrons. The lowest BCUT2D eigenvalue weighted by molar-refractivity contribution is -0.385. The number of amides is 1. The van der Waals surface area contributed by atoms with Crippen molar-refractivity contribution in [1.29, 1.82) is 0 Å². The molecule has 0 radical (unpaired) electrons. The number of hydrogen-bond donors (Lipinski definition) is 1. The minimum absolute atomic E-state index is 0.0623. The zero-order chi connectivity index (χ0) is 22.7. The molecule has 0 aliphatic heterocycles. The van der Waals surface area contributed by atoms with Gasteiger partial charge in [-0.1, -0.05) is 60.7 Å². The summed E-state index contributed by atoms with van der Waals surface area (Å²) in [4.78, 5) is 34.2. The summed E-state index contributed by atoms with van der Waals surface area (Å²) in [5.74, 6) is -1.55. The highest BCUT2D eigenvalue weighted by atomic mass is 16.6. The number of alkyl carbamates (subject to hydrolysis) is 1. The van der Waals surface area contributed by atoms with Crippen molar-refractivity contribution >= 4 is 17.7 Å². The molecule has 3 aromatic rings. The van der Waals surface area contributed by atoms with Gasteiger partial charge >= 0.3 is 6.09 Å². The number of fused-ring (bicyclic) bond motifs is 3. The number of aliphatic carboxylic acids is 1. The maximum absolute atomic E-state index is 12.5. The van der Waals surface area contributed by atoms with Crippen LogP contribution in [0.1, 0.15) is 35.1 Å². The molecule has 4 rings (SSSR count). The van der Waals surface area contributed by atoms with Crippen LogP contribution in [0.4, 0.5) is 10.5 Å². The van der Waals surface area contributed by atoms with Gasteiger partial charge in [0.25, 0.3) is 5.69 Å². The first-order valence-electron chi connectivity index (χ1n) is 9.99. The Balaban J connectivity index is 1.49. The number of carboxylic acid groups (broad SMARTS) is 1. The Bertz CT molecular complexity index is 1150. The van der Waals surface area contributed by atoms with Crippen LogP contribution in [-0.4, -0.2) is 23.6 Å². The van der Waals surface area contributed by atoms with Crippen molar-refractivity contribution in [2.24, 2.45) is 0 Å². The summed E-state index contributed by atoms with van der Waals surface area (Å²) >= 11 is 0. The third-order valence-electron chi connectivity index (χ3n) is 5.49. The van der Waals surface area contributed by atoms with Gasteiger partial charge < -0.3 is 20.0 Å². The molecule has 0 spiro atoms. The number of nitrogens with zero attached hydrogens (tertiary/aromatic N) is 1. The van der Waals surface area contributed by atoms with Gasteiger partial charge in [-0.25, -0.2) is 4.79 Å². The number of non-ortho nitro benzene ring substituents is 1. The number of carboxylic acids is 1. The van der Waals surface area contributed by atoms with Crippen LogP contribution in [0, 0.1) is 10.1 Å². The van der Waals surface area contributed by atoms with Crippen LogP contribution in [0.25, 0.3) is 11.1 Å². The number of ether oxygens (including phenoxy) is 1. The second kappa shape index (κ2) is 8.89. The maximum Gasteiger partial charge on any atom is 0.407 e. The number of benzene rings is 3. The Morgan fingerprint density at radius 3 is 2.19 bits per heavy atom. The van der Waals surface area contributed by atoms with Crippen LogP contribution in [0.3, 0.4) is 0 Å². The Morgan fingerprint density at radius 2 is 1.59 bits per heavy atom. The van der Waals surface area contributed by atoms with Crippen molar-refractivity contribution in [2.75, 3.05) is 6.61 Å². The van der Waals surface area contributed by atoms with Crippen LogP contribution >= 0.6 is 0 Å². The summed E-state index contributed by atoms with van der Waals surface area (Å²) < 4.78 is 5.45. The van der Waals surface area contributed by atoms with Crippen molar-refractivity contribution in [1.82, 2.24) is 5.32 Å². The molecule has 0 saturated heterocycles. The maximum atomic E-state index is 12.5. The first kappa shape index (κ1) is 21.0. The van der Waals surface area contributed by atoms with E-state index in [-0.39, 0.29) is 23.8 Å². The van der Waals surface area contributed by atoms with Gasteiger partial charge in [0.1, 0.15) is 6.61 Å². The van der Waals surface area contributed by atoms with E-state index < -0.39 is 29.4 Å². The molecule has 1 N–H and O–H groups in total. The number of nitrogens with one attached hydrogen (secondary N) is 1. The Morgan fingerprint density at radius 1 is 0.969 bits per heavy atom. The number of nitro groups is 1. The normalized spacial score (nSPS) is 13.0. The molecule has 0 heterocycles. The summed E-state index contributed by atoms with van der Waals surface area (Å²) in [5, 5.41) is 24.7. The Labute approximate surface area is 183 Å². The summed E-state index contributed by atoms with van der Waals surface area (Å²) in [6.45, 7) is 0.0623. The lowest BCUT2D eigenvalue weighted by Crippen LogP contribution is -2.35. The molecule has 8 nitrogen and oxygen atoms in total. The van der Waals surface area contributed by atoms with Gasteiger partial charge in [-0.3, -0.25) is 10.1 Å². The number of carbonyl (C=O) groups excluding carboxylic acids is 2. The average molecular weight is 431 g/mol. The topological polar surface area (TPSA) is 122 Å². The van der Waals surface area contributed by atoms with E-state index in [4.69, 9.17) is 4.74 Å². The lowest BCUT2D eigenvalue weighted by Gasteiger charge is -2.20. The van der Waals surface area contributed by atoms with E-state index in [1.165, 1.54) is 24.3 Å². The quantitative estimate of drug-likeness (QED) is 0.452. The van der Waals surface area contributed by atoms with E-state index in [2.05, 4.69) is 5.32 Å².